The van der Waals surface area contributed by atoms with Gasteiger partial charge in [0.25, 0.3) is 5.91 Å². The molecule has 4 rings (SSSR count). The van der Waals surface area contributed by atoms with Crippen LogP contribution in [0.1, 0.15) is 16.1 Å². The highest BCUT2D eigenvalue weighted by Gasteiger charge is 2.10. The van der Waals surface area contributed by atoms with Gasteiger partial charge in [-0.2, -0.15) is 0 Å². The zero-order valence-electron chi connectivity index (χ0n) is 13.2. The number of aromatic amines is 1. The number of H-pyrrole nitrogens is 1. The van der Waals surface area contributed by atoms with Crippen molar-refractivity contribution in [2.75, 3.05) is 5.32 Å². The fourth-order valence-corrected chi connectivity index (χ4v) is 3.30. The lowest BCUT2D eigenvalue weighted by Gasteiger charge is -2.06. The van der Waals surface area contributed by atoms with Crippen LogP contribution in [-0.2, 0) is 0 Å². The maximum Gasteiger partial charge on any atom is 0.417 e. The lowest BCUT2D eigenvalue weighted by atomic mass is 10.1. The second-order valence-corrected chi connectivity index (χ2v) is 6.41. The number of hydrogen-bond acceptors (Lipinski definition) is 5. The number of carbonyl (C=O) groups excluding carboxylic acids is 1. The van der Waals surface area contributed by atoms with E-state index in [1.54, 1.807) is 35.6 Å². The fourth-order valence-electron chi connectivity index (χ4n) is 2.51. The van der Waals surface area contributed by atoms with E-state index in [2.05, 4.69) is 15.3 Å². The van der Waals surface area contributed by atoms with Crippen molar-refractivity contribution in [1.82, 2.24) is 9.97 Å². The van der Waals surface area contributed by atoms with Gasteiger partial charge in [-0.25, -0.2) is 9.78 Å². The highest BCUT2D eigenvalue weighted by Crippen LogP contribution is 2.25. The standard InChI is InChI=1S/C18H13N3O3S/c1-10-9-25-17(19-10)12-4-2-3-11(7-12)16(22)20-13-5-6-14-15(8-13)24-18(23)21-14/h2-9H,1H3,(H,20,22)(H,21,23). The fraction of sp³-hybridized carbons (Fsp3) is 0.0556. The lowest BCUT2D eigenvalue weighted by Crippen LogP contribution is -2.11. The minimum Gasteiger partial charge on any atom is -0.408 e. The van der Waals surface area contributed by atoms with E-state index in [0.717, 1.165) is 16.3 Å². The van der Waals surface area contributed by atoms with Gasteiger partial charge >= 0.3 is 5.76 Å². The number of anilines is 1. The van der Waals surface area contributed by atoms with Crippen molar-refractivity contribution in [3.05, 3.63) is 69.7 Å². The first-order valence-electron chi connectivity index (χ1n) is 7.55. The molecule has 0 aliphatic heterocycles. The molecule has 0 saturated carbocycles. The Morgan fingerprint density at radius 2 is 2.12 bits per heavy atom. The summed E-state index contributed by atoms with van der Waals surface area (Å²) in [4.78, 5) is 30.7. The summed E-state index contributed by atoms with van der Waals surface area (Å²) in [6, 6.07) is 12.3. The van der Waals surface area contributed by atoms with Crippen molar-refractivity contribution < 1.29 is 9.21 Å². The molecule has 2 heterocycles. The van der Waals surface area contributed by atoms with Gasteiger partial charge in [0.1, 0.15) is 5.01 Å². The van der Waals surface area contributed by atoms with Gasteiger partial charge < -0.3 is 9.73 Å². The lowest BCUT2D eigenvalue weighted by molar-refractivity contribution is 0.102. The average Bonchev–Trinajstić information content (AvgIpc) is 3.19. The zero-order chi connectivity index (χ0) is 17.4. The molecule has 4 aromatic rings. The van der Waals surface area contributed by atoms with Gasteiger partial charge in [-0.05, 0) is 31.2 Å². The molecule has 0 atom stereocenters. The third-order valence-electron chi connectivity index (χ3n) is 3.67. The molecule has 6 nitrogen and oxygen atoms in total. The summed E-state index contributed by atoms with van der Waals surface area (Å²) < 4.78 is 5.01. The quantitative estimate of drug-likeness (QED) is 0.587. The highest BCUT2D eigenvalue weighted by atomic mass is 32.1. The average molecular weight is 351 g/mol. The number of rotatable bonds is 3. The van der Waals surface area contributed by atoms with Gasteiger partial charge in [-0.3, -0.25) is 9.78 Å². The molecular weight excluding hydrogens is 338 g/mol. The minimum absolute atomic E-state index is 0.243. The number of carbonyl (C=O) groups is 1. The van der Waals surface area contributed by atoms with Gasteiger partial charge in [-0.1, -0.05) is 12.1 Å². The number of fused-ring (bicyclic) bond motifs is 1. The Balaban J connectivity index is 1.60. The van der Waals surface area contributed by atoms with Crippen molar-refractivity contribution in [3.63, 3.8) is 0 Å². The van der Waals surface area contributed by atoms with E-state index >= 15 is 0 Å². The summed E-state index contributed by atoms with van der Waals surface area (Å²) in [5.74, 6) is -0.766. The minimum atomic E-state index is -0.523. The molecule has 0 saturated heterocycles. The zero-order valence-corrected chi connectivity index (χ0v) is 14.0. The summed E-state index contributed by atoms with van der Waals surface area (Å²) in [5.41, 5.74) is 3.92. The number of nitrogens with one attached hydrogen (secondary N) is 2. The molecule has 0 unspecified atom stereocenters. The van der Waals surface area contributed by atoms with Crippen LogP contribution in [0.3, 0.4) is 0 Å². The van der Waals surface area contributed by atoms with Crippen LogP contribution < -0.4 is 11.1 Å². The van der Waals surface area contributed by atoms with Crippen molar-refractivity contribution in [1.29, 1.82) is 0 Å². The highest BCUT2D eigenvalue weighted by molar-refractivity contribution is 7.13. The molecule has 25 heavy (non-hydrogen) atoms. The Bertz CT molecular complexity index is 1140. The monoisotopic (exact) mass is 351 g/mol. The largest absolute Gasteiger partial charge is 0.417 e. The Labute approximate surface area is 146 Å². The van der Waals surface area contributed by atoms with Crippen LogP contribution >= 0.6 is 11.3 Å². The normalized spacial score (nSPS) is 10.9. The molecule has 0 fully saturated rings. The van der Waals surface area contributed by atoms with Gasteiger partial charge in [0.15, 0.2) is 5.58 Å². The van der Waals surface area contributed by atoms with E-state index in [9.17, 15) is 9.59 Å². The van der Waals surface area contributed by atoms with Crippen molar-refractivity contribution in [2.45, 2.75) is 6.92 Å². The number of nitrogens with zero attached hydrogens (tertiary/aromatic N) is 1. The number of amides is 1. The number of hydrogen-bond donors (Lipinski definition) is 2. The molecule has 1 amide bonds. The van der Waals surface area contributed by atoms with Gasteiger partial charge in [0.2, 0.25) is 0 Å². The maximum atomic E-state index is 12.5. The third-order valence-corrected chi connectivity index (χ3v) is 4.68. The molecule has 2 N–H and O–H groups in total. The number of oxazole rings is 1. The third kappa shape index (κ3) is 3.09. The maximum absolute atomic E-state index is 12.5. The van der Waals surface area contributed by atoms with Crippen LogP contribution in [0.15, 0.2) is 57.1 Å². The molecule has 0 bridgehead atoms. The van der Waals surface area contributed by atoms with E-state index in [1.807, 2.05) is 30.5 Å². The second kappa shape index (κ2) is 6.03. The van der Waals surface area contributed by atoms with Crippen LogP contribution in [0.2, 0.25) is 0 Å². The molecule has 2 aromatic carbocycles. The number of aryl methyl sites for hydroxylation is 1. The summed E-state index contributed by atoms with van der Waals surface area (Å²) in [5, 5.41) is 5.66. The van der Waals surface area contributed by atoms with Gasteiger partial charge in [0, 0.05) is 34.0 Å². The molecule has 2 aromatic heterocycles. The first-order chi connectivity index (χ1) is 12.1. The van der Waals surface area contributed by atoms with E-state index in [4.69, 9.17) is 4.42 Å². The number of thiazole rings is 1. The topological polar surface area (TPSA) is 88.0 Å². The number of benzene rings is 2. The van der Waals surface area contributed by atoms with Crippen LogP contribution in [0, 0.1) is 6.92 Å². The van der Waals surface area contributed by atoms with Gasteiger partial charge in [-0.15, -0.1) is 11.3 Å². The Kier molecular flexibility index (Phi) is 3.70. The summed E-state index contributed by atoms with van der Waals surface area (Å²) in [6.45, 7) is 1.94. The van der Waals surface area contributed by atoms with Crippen LogP contribution in [-0.4, -0.2) is 15.9 Å². The summed E-state index contributed by atoms with van der Waals surface area (Å²) in [7, 11) is 0. The smallest absolute Gasteiger partial charge is 0.408 e. The molecule has 0 spiro atoms. The predicted molar refractivity (Wildman–Crippen MR) is 97.1 cm³/mol. The van der Waals surface area contributed by atoms with Crippen LogP contribution in [0.5, 0.6) is 0 Å². The molecule has 0 aliphatic carbocycles. The first-order valence-corrected chi connectivity index (χ1v) is 8.43. The number of aromatic nitrogens is 2. The van der Waals surface area contributed by atoms with Crippen molar-refractivity contribution in [2.24, 2.45) is 0 Å². The molecule has 7 heteroatoms. The van der Waals surface area contributed by atoms with Crippen molar-refractivity contribution in [3.8, 4) is 10.6 Å². The van der Waals surface area contributed by atoms with E-state index in [1.165, 1.54) is 0 Å². The Morgan fingerprint density at radius 1 is 1.24 bits per heavy atom. The molecular formula is C18H13N3O3S. The molecule has 0 aliphatic rings. The van der Waals surface area contributed by atoms with Crippen molar-refractivity contribution >= 4 is 34.0 Å². The van der Waals surface area contributed by atoms with Gasteiger partial charge in [0.05, 0.1) is 5.52 Å². The van der Waals surface area contributed by atoms with Crippen LogP contribution in [0.25, 0.3) is 21.7 Å². The van der Waals surface area contributed by atoms with E-state index in [0.29, 0.717) is 22.4 Å². The van der Waals surface area contributed by atoms with E-state index in [-0.39, 0.29) is 5.91 Å². The molecule has 124 valence electrons. The van der Waals surface area contributed by atoms with Crippen LogP contribution in [0.4, 0.5) is 5.69 Å². The second-order valence-electron chi connectivity index (χ2n) is 5.55. The first kappa shape index (κ1) is 15.3. The van der Waals surface area contributed by atoms with E-state index < -0.39 is 5.76 Å². The Morgan fingerprint density at radius 3 is 2.92 bits per heavy atom. The summed E-state index contributed by atoms with van der Waals surface area (Å²) in [6.07, 6.45) is 0. The molecule has 0 radical (unpaired) electrons. The Hall–Kier alpha value is -3.19. The summed E-state index contributed by atoms with van der Waals surface area (Å²) >= 11 is 1.54. The SMILES string of the molecule is Cc1csc(-c2cccc(C(=O)Nc3ccc4[nH]c(=O)oc4c3)c2)n1. The predicted octanol–water partition coefficient (Wildman–Crippen LogP) is 3.81.